The number of nitrogens with zero attached hydrogens (tertiary/aromatic N) is 2. The summed E-state index contributed by atoms with van der Waals surface area (Å²) >= 11 is 0. The highest BCUT2D eigenvalue weighted by atomic mass is 16.2. The van der Waals surface area contributed by atoms with Crippen molar-refractivity contribution in [2.24, 2.45) is 5.41 Å². The molecule has 1 heterocycles. The molecule has 0 aromatic carbocycles. The zero-order valence-corrected chi connectivity index (χ0v) is 9.92. The Balaban J connectivity index is 2.80. The van der Waals surface area contributed by atoms with Crippen LogP contribution in [-0.4, -0.2) is 23.4 Å². The fourth-order valence-corrected chi connectivity index (χ4v) is 2.12. The Kier molecular flexibility index (Phi) is 3.73. The number of hydrogen-bond donors (Lipinski definition) is 0. The maximum atomic E-state index is 12.2. The number of carbonyl (C=O) groups excluding carboxylic acids is 1. The van der Waals surface area contributed by atoms with Crippen LogP contribution in [0.25, 0.3) is 0 Å². The summed E-state index contributed by atoms with van der Waals surface area (Å²) in [6.45, 7) is 6.58. The molecule has 0 aromatic rings. The van der Waals surface area contributed by atoms with Gasteiger partial charge in [-0.3, -0.25) is 4.79 Å². The van der Waals surface area contributed by atoms with E-state index in [1.807, 2.05) is 11.8 Å². The normalized spacial score (nSPS) is 24.7. The Hall–Kier alpha value is -1.04. The van der Waals surface area contributed by atoms with E-state index in [4.69, 9.17) is 5.26 Å². The van der Waals surface area contributed by atoms with Crippen LogP contribution in [0.15, 0.2) is 0 Å². The monoisotopic (exact) mass is 208 g/mol. The zero-order valence-electron chi connectivity index (χ0n) is 9.92. The van der Waals surface area contributed by atoms with Gasteiger partial charge in [-0.25, -0.2) is 0 Å². The van der Waals surface area contributed by atoms with Crippen molar-refractivity contribution in [2.45, 2.75) is 52.5 Å². The average molecular weight is 208 g/mol. The molecule has 1 rings (SSSR count). The second-order valence-corrected chi connectivity index (χ2v) is 4.50. The first kappa shape index (κ1) is 12.0. The predicted octanol–water partition coefficient (Wildman–Crippen LogP) is 2.33. The molecule has 3 heteroatoms. The Morgan fingerprint density at radius 3 is 2.73 bits per heavy atom. The number of likely N-dealkylation sites (tertiary alicyclic amines) is 1. The van der Waals surface area contributed by atoms with Crippen LogP contribution in [0.3, 0.4) is 0 Å². The van der Waals surface area contributed by atoms with E-state index in [0.29, 0.717) is 12.5 Å². The molecular formula is C12H20N2O. The summed E-state index contributed by atoms with van der Waals surface area (Å²) in [6.07, 6.45) is 3.76. The van der Waals surface area contributed by atoms with Crippen LogP contribution in [0.2, 0.25) is 0 Å². The summed E-state index contributed by atoms with van der Waals surface area (Å²) in [4.78, 5) is 14.1. The average Bonchev–Trinajstić information content (AvgIpc) is 2.74. The number of rotatable bonds is 3. The third kappa shape index (κ3) is 2.14. The van der Waals surface area contributed by atoms with Crippen molar-refractivity contribution in [3.63, 3.8) is 0 Å². The quantitative estimate of drug-likeness (QED) is 0.714. The Labute approximate surface area is 92.1 Å². The molecule has 2 atom stereocenters. The summed E-state index contributed by atoms with van der Waals surface area (Å²) in [7, 11) is 0. The lowest BCUT2D eigenvalue weighted by Crippen LogP contribution is -2.43. The van der Waals surface area contributed by atoms with Gasteiger partial charge in [0, 0.05) is 12.6 Å². The van der Waals surface area contributed by atoms with Crippen molar-refractivity contribution in [1.29, 1.82) is 5.26 Å². The fraction of sp³-hybridized carbons (Fsp3) is 0.833. The van der Waals surface area contributed by atoms with Crippen LogP contribution in [0, 0.1) is 16.7 Å². The van der Waals surface area contributed by atoms with E-state index in [1.54, 1.807) is 6.92 Å². The van der Waals surface area contributed by atoms with E-state index >= 15 is 0 Å². The fourth-order valence-electron chi connectivity index (χ4n) is 2.12. The van der Waals surface area contributed by atoms with Gasteiger partial charge < -0.3 is 4.90 Å². The highest BCUT2D eigenvalue weighted by Crippen LogP contribution is 2.29. The molecule has 0 aromatic heterocycles. The molecule has 1 aliphatic heterocycles. The van der Waals surface area contributed by atoms with Crippen LogP contribution in [0.5, 0.6) is 0 Å². The first-order chi connectivity index (χ1) is 7.09. The van der Waals surface area contributed by atoms with Gasteiger partial charge in [-0.1, -0.05) is 13.8 Å². The molecule has 2 unspecified atom stereocenters. The minimum atomic E-state index is -0.822. The SMILES string of the molecule is CCC1CCCN1C(=O)C(C)(C#N)CC. The van der Waals surface area contributed by atoms with Crippen molar-refractivity contribution in [1.82, 2.24) is 4.90 Å². The topological polar surface area (TPSA) is 44.1 Å². The van der Waals surface area contributed by atoms with Gasteiger partial charge in [0.05, 0.1) is 6.07 Å². The largest absolute Gasteiger partial charge is 0.338 e. The number of nitriles is 1. The van der Waals surface area contributed by atoms with Gasteiger partial charge in [-0.15, -0.1) is 0 Å². The molecule has 0 N–H and O–H groups in total. The van der Waals surface area contributed by atoms with E-state index in [9.17, 15) is 4.79 Å². The van der Waals surface area contributed by atoms with Gasteiger partial charge in [0.25, 0.3) is 0 Å². The van der Waals surface area contributed by atoms with Crippen LogP contribution in [-0.2, 0) is 4.79 Å². The maximum Gasteiger partial charge on any atom is 0.242 e. The second kappa shape index (κ2) is 4.65. The maximum absolute atomic E-state index is 12.2. The molecule has 3 nitrogen and oxygen atoms in total. The molecule has 0 aliphatic carbocycles. The number of carbonyl (C=O) groups is 1. The Morgan fingerprint density at radius 2 is 2.27 bits per heavy atom. The summed E-state index contributed by atoms with van der Waals surface area (Å²) in [5, 5.41) is 9.08. The summed E-state index contributed by atoms with van der Waals surface area (Å²) in [6, 6.07) is 2.52. The number of hydrogen-bond acceptors (Lipinski definition) is 2. The molecule has 84 valence electrons. The zero-order chi connectivity index (χ0) is 11.5. The van der Waals surface area contributed by atoms with Crippen molar-refractivity contribution in [2.75, 3.05) is 6.54 Å². The van der Waals surface area contributed by atoms with Gasteiger partial charge in [0.1, 0.15) is 5.41 Å². The van der Waals surface area contributed by atoms with Crippen molar-refractivity contribution in [3.05, 3.63) is 0 Å². The molecule has 1 fully saturated rings. The highest BCUT2D eigenvalue weighted by molar-refractivity contribution is 5.85. The van der Waals surface area contributed by atoms with Crippen molar-refractivity contribution in [3.8, 4) is 6.07 Å². The third-order valence-corrected chi connectivity index (χ3v) is 3.54. The Bertz CT molecular complexity index is 282. The van der Waals surface area contributed by atoms with Gasteiger partial charge in [-0.2, -0.15) is 5.26 Å². The lowest BCUT2D eigenvalue weighted by Gasteiger charge is -2.30. The minimum absolute atomic E-state index is 0.0249. The minimum Gasteiger partial charge on any atom is -0.338 e. The third-order valence-electron chi connectivity index (χ3n) is 3.54. The van der Waals surface area contributed by atoms with Crippen LogP contribution < -0.4 is 0 Å². The predicted molar refractivity (Wildman–Crippen MR) is 59.0 cm³/mol. The van der Waals surface area contributed by atoms with Crippen molar-refractivity contribution >= 4 is 5.91 Å². The van der Waals surface area contributed by atoms with E-state index in [0.717, 1.165) is 25.8 Å². The van der Waals surface area contributed by atoms with Gasteiger partial charge in [0.2, 0.25) is 5.91 Å². The summed E-state index contributed by atoms with van der Waals surface area (Å²) < 4.78 is 0. The van der Waals surface area contributed by atoms with E-state index in [1.165, 1.54) is 0 Å². The first-order valence-electron chi connectivity index (χ1n) is 5.81. The van der Waals surface area contributed by atoms with E-state index < -0.39 is 5.41 Å². The molecule has 0 bridgehead atoms. The van der Waals surface area contributed by atoms with Crippen LogP contribution in [0.1, 0.15) is 46.5 Å². The van der Waals surface area contributed by atoms with E-state index in [2.05, 4.69) is 13.0 Å². The summed E-state index contributed by atoms with van der Waals surface area (Å²) in [5.74, 6) is 0.0249. The number of amides is 1. The standard InChI is InChI=1S/C12H20N2O/c1-4-10-7-6-8-14(10)11(15)12(3,5-2)9-13/h10H,4-8H2,1-3H3. The van der Waals surface area contributed by atoms with E-state index in [-0.39, 0.29) is 5.91 Å². The molecular weight excluding hydrogens is 188 g/mol. The second-order valence-electron chi connectivity index (χ2n) is 4.50. The molecule has 1 saturated heterocycles. The Morgan fingerprint density at radius 1 is 1.60 bits per heavy atom. The van der Waals surface area contributed by atoms with Crippen LogP contribution >= 0.6 is 0 Å². The van der Waals surface area contributed by atoms with Gasteiger partial charge >= 0.3 is 0 Å². The first-order valence-corrected chi connectivity index (χ1v) is 5.81. The lowest BCUT2D eigenvalue weighted by atomic mass is 9.87. The molecule has 1 aliphatic rings. The summed E-state index contributed by atoms with van der Waals surface area (Å²) in [5.41, 5.74) is -0.822. The lowest BCUT2D eigenvalue weighted by molar-refractivity contribution is -0.139. The van der Waals surface area contributed by atoms with Crippen molar-refractivity contribution < 1.29 is 4.79 Å². The van der Waals surface area contributed by atoms with Crippen LogP contribution in [0.4, 0.5) is 0 Å². The molecule has 0 saturated carbocycles. The molecule has 0 spiro atoms. The highest BCUT2D eigenvalue weighted by Gasteiger charge is 2.39. The van der Waals surface area contributed by atoms with Gasteiger partial charge in [0.15, 0.2) is 0 Å². The van der Waals surface area contributed by atoms with Gasteiger partial charge in [-0.05, 0) is 32.6 Å². The molecule has 1 amide bonds. The molecule has 0 radical (unpaired) electrons. The molecule has 15 heavy (non-hydrogen) atoms. The smallest absolute Gasteiger partial charge is 0.242 e.